The topological polar surface area (TPSA) is 96.2 Å². The van der Waals surface area contributed by atoms with E-state index in [2.05, 4.69) is 16.0 Å². The molecule has 1 aliphatic rings. The van der Waals surface area contributed by atoms with Crippen LogP contribution in [0.4, 0.5) is 23.0 Å². The lowest BCUT2D eigenvalue weighted by Gasteiger charge is -2.16. The minimum atomic E-state index is -4.43. The molecule has 1 fully saturated rings. The molecule has 1 saturated heterocycles. The number of carbonyl (C=O) groups excluding carboxylic acids is 2. The molecule has 6 nitrogen and oxygen atoms in total. The van der Waals surface area contributed by atoms with E-state index in [1.807, 2.05) is 0 Å². The van der Waals surface area contributed by atoms with Crippen molar-refractivity contribution in [3.8, 4) is 10.4 Å². The number of amides is 3. The predicted molar refractivity (Wildman–Crippen MR) is 106 cm³/mol. The van der Waals surface area contributed by atoms with E-state index >= 15 is 0 Å². The van der Waals surface area contributed by atoms with Crippen LogP contribution in [-0.2, 0) is 6.18 Å². The van der Waals surface area contributed by atoms with E-state index < -0.39 is 17.8 Å². The first kappa shape index (κ1) is 21.1. The molecule has 1 aromatic heterocycles. The smallest absolute Gasteiger partial charge is 0.351 e. The van der Waals surface area contributed by atoms with Gasteiger partial charge in [0.15, 0.2) is 0 Å². The number of carbonyl (C=O) groups is 2. The minimum Gasteiger partial charge on any atom is -0.351 e. The van der Waals surface area contributed by atoms with Crippen molar-refractivity contribution in [2.24, 2.45) is 5.73 Å². The fourth-order valence-corrected chi connectivity index (χ4v) is 4.20. The van der Waals surface area contributed by atoms with Gasteiger partial charge in [0.25, 0.3) is 5.91 Å². The minimum absolute atomic E-state index is 0.0409. The van der Waals surface area contributed by atoms with Crippen LogP contribution in [0.15, 0.2) is 30.3 Å². The first-order valence-corrected chi connectivity index (χ1v) is 9.95. The van der Waals surface area contributed by atoms with Crippen molar-refractivity contribution in [3.63, 3.8) is 0 Å². The summed E-state index contributed by atoms with van der Waals surface area (Å²) in [7, 11) is 0. The van der Waals surface area contributed by atoms with Gasteiger partial charge in [-0.3, -0.25) is 10.1 Å². The van der Waals surface area contributed by atoms with Gasteiger partial charge < -0.3 is 16.4 Å². The summed E-state index contributed by atoms with van der Waals surface area (Å²) in [6.07, 6.45) is -1.56. The number of rotatable bonds is 4. The Hall–Kier alpha value is -2.59. The molecule has 3 rings (SSSR count). The number of alkyl halides is 3. The molecule has 156 valence electrons. The van der Waals surface area contributed by atoms with E-state index in [9.17, 15) is 22.8 Å². The number of benzene rings is 1. The summed E-state index contributed by atoms with van der Waals surface area (Å²) in [5, 5.41) is 8.89. The highest BCUT2D eigenvalue weighted by atomic mass is 32.1. The highest BCUT2D eigenvalue weighted by Gasteiger charge is 2.30. The highest BCUT2D eigenvalue weighted by molar-refractivity contribution is 7.20. The second-order valence-electron chi connectivity index (χ2n) is 6.79. The lowest BCUT2D eigenvalue weighted by Crippen LogP contribution is -2.41. The zero-order valence-corrected chi connectivity index (χ0v) is 16.3. The van der Waals surface area contributed by atoms with E-state index in [1.165, 1.54) is 12.1 Å². The summed E-state index contributed by atoms with van der Waals surface area (Å²) in [5.74, 6) is -0.364. The average molecular weight is 426 g/mol. The fraction of sp³-hybridized carbons (Fsp3) is 0.368. The van der Waals surface area contributed by atoms with Crippen LogP contribution in [0.5, 0.6) is 0 Å². The monoisotopic (exact) mass is 426 g/mol. The Bertz CT molecular complexity index is 873. The molecule has 1 aromatic carbocycles. The van der Waals surface area contributed by atoms with Crippen LogP contribution in [0.3, 0.4) is 0 Å². The van der Waals surface area contributed by atoms with Gasteiger partial charge in [-0.15, -0.1) is 11.3 Å². The van der Waals surface area contributed by atoms with Crippen LogP contribution in [0.2, 0.25) is 0 Å². The Morgan fingerprint density at radius 1 is 1.17 bits per heavy atom. The summed E-state index contributed by atoms with van der Waals surface area (Å²) in [6, 6.07) is 5.31. The SMILES string of the molecule is NC(=O)Nc1sc(-c2ccc(C(F)(F)F)cc2)cc1C(=O)N[C@H]1CCCCNC1. The van der Waals surface area contributed by atoms with E-state index in [4.69, 9.17) is 5.73 Å². The van der Waals surface area contributed by atoms with Crippen LogP contribution in [-0.4, -0.2) is 31.1 Å². The van der Waals surface area contributed by atoms with E-state index in [1.54, 1.807) is 6.07 Å². The van der Waals surface area contributed by atoms with Gasteiger partial charge in [-0.05, 0) is 43.1 Å². The van der Waals surface area contributed by atoms with Crippen LogP contribution < -0.4 is 21.7 Å². The van der Waals surface area contributed by atoms with E-state index in [-0.39, 0.29) is 22.5 Å². The van der Waals surface area contributed by atoms with Crippen LogP contribution in [0.1, 0.15) is 35.2 Å². The van der Waals surface area contributed by atoms with Gasteiger partial charge >= 0.3 is 12.2 Å². The summed E-state index contributed by atoms with van der Waals surface area (Å²) in [6.45, 7) is 1.55. The van der Waals surface area contributed by atoms with E-state index in [0.717, 1.165) is 49.3 Å². The number of hydrogen-bond donors (Lipinski definition) is 4. The lowest BCUT2D eigenvalue weighted by atomic mass is 10.1. The highest BCUT2D eigenvalue weighted by Crippen LogP contribution is 2.37. The quantitative estimate of drug-likeness (QED) is 0.599. The molecule has 0 spiro atoms. The summed E-state index contributed by atoms with van der Waals surface area (Å²) < 4.78 is 38.3. The molecule has 3 amide bonds. The zero-order valence-electron chi connectivity index (χ0n) is 15.4. The second kappa shape index (κ2) is 8.83. The van der Waals surface area contributed by atoms with E-state index in [0.29, 0.717) is 17.0 Å². The number of thiophene rings is 1. The number of halogens is 3. The van der Waals surface area contributed by atoms with Gasteiger partial charge in [-0.25, -0.2) is 4.79 Å². The number of anilines is 1. The van der Waals surface area contributed by atoms with Gasteiger partial charge in [-0.1, -0.05) is 18.6 Å². The molecule has 10 heteroatoms. The van der Waals surface area contributed by atoms with Gasteiger partial charge in [0.1, 0.15) is 5.00 Å². The van der Waals surface area contributed by atoms with Crippen LogP contribution in [0.25, 0.3) is 10.4 Å². The molecule has 1 atom stereocenters. The van der Waals surface area contributed by atoms with Gasteiger partial charge in [0.05, 0.1) is 11.1 Å². The Morgan fingerprint density at radius 2 is 1.90 bits per heavy atom. The third-order valence-electron chi connectivity index (χ3n) is 4.59. The third kappa shape index (κ3) is 5.48. The van der Waals surface area contributed by atoms with Crippen LogP contribution >= 0.6 is 11.3 Å². The number of primary amides is 1. The molecular formula is C19H21F3N4O2S. The molecule has 1 aliphatic heterocycles. The summed E-state index contributed by atoms with van der Waals surface area (Å²) in [5.41, 5.74) is 5.18. The van der Waals surface area contributed by atoms with Crippen molar-refractivity contribution in [3.05, 3.63) is 41.5 Å². The van der Waals surface area contributed by atoms with Crippen molar-refractivity contribution in [2.45, 2.75) is 31.5 Å². The Kier molecular flexibility index (Phi) is 6.43. The van der Waals surface area contributed by atoms with Crippen molar-refractivity contribution in [1.82, 2.24) is 10.6 Å². The molecule has 2 aromatic rings. The molecule has 2 heterocycles. The molecule has 0 unspecified atom stereocenters. The largest absolute Gasteiger partial charge is 0.416 e. The predicted octanol–water partition coefficient (Wildman–Crippen LogP) is 3.80. The number of nitrogens with one attached hydrogen (secondary N) is 3. The molecule has 0 radical (unpaired) electrons. The van der Waals surface area contributed by atoms with Crippen molar-refractivity contribution < 1.29 is 22.8 Å². The Labute approximate surface area is 169 Å². The van der Waals surface area contributed by atoms with Gasteiger partial charge in [0, 0.05) is 17.5 Å². The first-order valence-electron chi connectivity index (χ1n) is 9.13. The maximum absolute atomic E-state index is 12.8. The number of urea groups is 1. The van der Waals surface area contributed by atoms with Crippen molar-refractivity contribution >= 4 is 28.3 Å². The maximum atomic E-state index is 12.8. The number of nitrogens with two attached hydrogens (primary N) is 1. The molecular weight excluding hydrogens is 405 g/mol. The molecule has 0 saturated carbocycles. The second-order valence-corrected chi connectivity index (χ2v) is 7.84. The zero-order chi connectivity index (χ0) is 21.0. The molecule has 0 aliphatic carbocycles. The first-order chi connectivity index (χ1) is 13.7. The van der Waals surface area contributed by atoms with Gasteiger partial charge in [0.2, 0.25) is 0 Å². The molecule has 0 bridgehead atoms. The van der Waals surface area contributed by atoms with Crippen LogP contribution in [0, 0.1) is 0 Å². The number of hydrogen-bond acceptors (Lipinski definition) is 4. The normalized spacial score (nSPS) is 17.4. The summed E-state index contributed by atoms with van der Waals surface area (Å²) >= 11 is 1.08. The fourth-order valence-electron chi connectivity index (χ4n) is 3.14. The third-order valence-corrected chi connectivity index (χ3v) is 5.69. The average Bonchev–Trinajstić information content (AvgIpc) is 2.89. The Morgan fingerprint density at radius 3 is 2.55 bits per heavy atom. The van der Waals surface area contributed by atoms with Crippen molar-refractivity contribution in [2.75, 3.05) is 18.4 Å². The van der Waals surface area contributed by atoms with Gasteiger partial charge in [-0.2, -0.15) is 13.2 Å². The Balaban J connectivity index is 1.85. The standard InChI is InChI=1S/C19H21F3N4O2S/c20-19(21,22)12-6-4-11(5-7-12)15-9-14(17(29-15)26-18(23)28)16(27)25-13-3-1-2-8-24-10-13/h4-7,9,13,24H,1-3,8,10H2,(H,25,27)(H3,23,26,28)/t13-/m0/s1. The summed E-state index contributed by atoms with van der Waals surface area (Å²) in [4.78, 5) is 24.7. The molecule has 5 N–H and O–H groups in total. The maximum Gasteiger partial charge on any atom is 0.416 e. The molecule has 29 heavy (non-hydrogen) atoms. The lowest BCUT2D eigenvalue weighted by molar-refractivity contribution is -0.137. The van der Waals surface area contributed by atoms with Crippen molar-refractivity contribution in [1.29, 1.82) is 0 Å².